The highest BCUT2D eigenvalue weighted by Gasteiger charge is 2.47. The standard InChI is InChI=1S/C16H10ClF5N2O5S/c17-10-5-7(1-3-12(10)19)23-14(25)9-6-8(2-4-11(9)18)30(28,29)24-13(15(26)27)16(20,21)22/h1-6,13,24H,(H,23,25)(H,26,27)/t13-/m1/s1. The number of amides is 1. The van der Waals surface area contributed by atoms with Crippen molar-refractivity contribution in [3.05, 3.63) is 58.6 Å². The molecule has 0 aliphatic carbocycles. The van der Waals surface area contributed by atoms with Gasteiger partial charge in [-0.2, -0.15) is 17.9 Å². The van der Waals surface area contributed by atoms with Crippen molar-refractivity contribution < 1.29 is 45.1 Å². The van der Waals surface area contributed by atoms with Gasteiger partial charge in [0.1, 0.15) is 11.6 Å². The van der Waals surface area contributed by atoms with Gasteiger partial charge in [0.2, 0.25) is 16.1 Å². The molecule has 2 aromatic carbocycles. The topological polar surface area (TPSA) is 113 Å². The van der Waals surface area contributed by atoms with E-state index in [9.17, 15) is 40.0 Å². The second kappa shape index (κ2) is 8.53. The molecule has 0 bridgehead atoms. The average Bonchev–Trinajstić information content (AvgIpc) is 2.62. The van der Waals surface area contributed by atoms with Crippen LogP contribution in [0.5, 0.6) is 0 Å². The van der Waals surface area contributed by atoms with Crippen LogP contribution in [0.4, 0.5) is 27.6 Å². The third-order valence-electron chi connectivity index (χ3n) is 3.52. The molecule has 2 rings (SSSR count). The largest absolute Gasteiger partial charge is 0.480 e. The zero-order valence-corrected chi connectivity index (χ0v) is 15.9. The monoisotopic (exact) mass is 472 g/mol. The molecule has 162 valence electrons. The summed E-state index contributed by atoms with van der Waals surface area (Å²) in [6, 6.07) is 0.917. The van der Waals surface area contributed by atoms with Gasteiger partial charge >= 0.3 is 12.1 Å². The lowest BCUT2D eigenvalue weighted by Crippen LogP contribution is -2.50. The molecule has 7 nitrogen and oxygen atoms in total. The van der Waals surface area contributed by atoms with Crippen LogP contribution in [0, 0.1) is 11.6 Å². The average molecular weight is 473 g/mol. The summed E-state index contributed by atoms with van der Waals surface area (Å²) in [6.07, 6.45) is -5.46. The Bertz CT molecular complexity index is 1110. The molecule has 0 heterocycles. The quantitative estimate of drug-likeness (QED) is 0.559. The summed E-state index contributed by atoms with van der Waals surface area (Å²) in [5, 5.41) is 10.3. The van der Waals surface area contributed by atoms with E-state index in [1.165, 1.54) is 0 Å². The normalized spacial score (nSPS) is 13.0. The Labute approximate surface area is 170 Å². The maximum Gasteiger partial charge on any atom is 0.415 e. The molecule has 2 aromatic rings. The summed E-state index contributed by atoms with van der Waals surface area (Å²) in [5.74, 6) is -5.78. The molecule has 0 unspecified atom stereocenters. The van der Waals surface area contributed by atoms with Crippen LogP contribution < -0.4 is 10.0 Å². The summed E-state index contributed by atoms with van der Waals surface area (Å²) in [4.78, 5) is 22.0. The van der Waals surface area contributed by atoms with E-state index >= 15 is 0 Å². The van der Waals surface area contributed by atoms with E-state index in [0.717, 1.165) is 22.9 Å². The van der Waals surface area contributed by atoms with Gasteiger partial charge in [-0.1, -0.05) is 11.6 Å². The van der Waals surface area contributed by atoms with E-state index in [1.54, 1.807) is 0 Å². The van der Waals surface area contributed by atoms with Gasteiger partial charge in [0.05, 0.1) is 15.5 Å². The van der Waals surface area contributed by atoms with Gasteiger partial charge in [-0.3, -0.25) is 9.59 Å². The smallest absolute Gasteiger partial charge is 0.415 e. The highest BCUT2D eigenvalue weighted by atomic mass is 35.5. The van der Waals surface area contributed by atoms with Crippen LogP contribution in [0.1, 0.15) is 10.4 Å². The Balaban J connectivity index is 2.36. The van der Waals surface area contributed by atoms with Gasteiger partial charge in [0.25, 0.3) is 5.91 Å². The van der Waals surface area contributed by atoms with Crippen LogP contribution in [0.2, 0.25) is 5.02 Å². The summed E-state index contributed by atoms with van der Waals surface area (Å²) in [7, 11) is -5.11. The third kappa shape index (κ3) is 5.43. The molecule has 3 N–H and O–H groups in total. The molecule has 0 fully saturated rings. The number of alkyl halides is 3. The van der Waals surface area contributed by atoms with Gasteiger partial charge in [0.15, 0.2) is 0 Å². The maximum absolute atomic E-state index is 14.0. The van der Waals surface area contributed by atoms with Crippen molar-refractivity contribution in [2.45, 2.75) is 17.1 Å². The Morgan fingerprint density at radius 3 is 2.17 bits per heavy atom. The van der Waals surface area contributed by atoms with Crippen molar-refractivity contribution in [1.29, 1.82) is 0 Å². The Kier molecular flexibility index (Phi) is 6.69. The number of sulfonamides is 1. The molecule has 1 atom stereocenters. The SMILES string of the molecule is O=C(Nc1ccc(F)c(Cl)c1)c1cc(S(=O)(=O)N[C@H](C(=O)O)C(F)(F)F)ccc1F. The lowest BCUT2D eigenvalue weighted by molar-refractivity contribution is -0.177. The van der Waals surface area contributed by atoms with Crippen molar-refractivity contribution in [3.63, 3.8) is 0 Å². The van der Waals surface area contributed by atoms with Crippen molar-refractivity contribution >= 4 is 39.2 Å². The molecule has 0 aromatic heterocycles. The van der Waals surface area contributed by atoms with Crippen molar-refractivity contribution in [2.75, 3.05) is 5.32 Å². The fourth-order valence-electron chi connectivity index (χ4n) is 2.10. The van der Waals surface area contributed by atoms with Crippen molar-refractivity contribution in [3.8, 4) is 0 Å². The Hall–Kier alpha value is -2.77. The minimum Gasteiger partial charge on any atom is -0.480 e. The van der Waals surface area contributed by atoms with Crippen molar-refractivity contribution in [2.24, 2.45) is 0 Å². The van der Waals surface area contributed by atoms with E-state index in [2.05, 4.69) is 5.32 Å². The van der Waals surface area contributed by atoms with E-state index in [4.69, 9.17) is 16.7 Å². The van der Waals surface area contributed by atoms with E-state index in [0.29, 0.717) is 18.2 Å². The number of carboxylic acids is 1. The van der Waals surface area contributed by atoms with Gasteiger partial charge < -0.3 is 10.4 Å². The number of carboxylic acid groups (broad SMARTS) is 1. The molecule has 0 aliphatic heterocycles. The van der Waals surface area contributed by atoms with Crippen molar-refractivity contribution in [1.82, 2.24) is 4.72 Å². The number of rotatable bonds is 6. The number of hydrogen-bond acceptors (Lipinski definition) is 4. The molecule has 0 radical (unpaired) electrons. The number of anilines is 1. The lowest BCUT2D eigenvalue weighted by atomic mass is 10.2. The predicted octanol–water partition coefficient (Wildman–Crippen LogP) is 3.16. The lowest BCUT2D eigenvalue weighted by Gasteiger charge is -2.18. The molecular weight excluding hydrogens is 463 g/mol. The predicted molar refractivity (Wildman–Crippen MR) is 93.6 cm³/mol. The molecular formula is C16H10ClF5N2O5S. The summed E-state index contributed by atoms with van der Waals surface area (Å²) < 4.78 is 90.5. The van der Waals surface area contributed by atoms with Crippen LogP contribution >= 0.6 is 11.6 Å². The minimum absolute atomic E-state index is 0.0832. The number of carbonyl (C=O) groups is 2. The fraction of sp³-hybridized carbons (Fsp3) is 0.125. The van der Waals surface area contributed by atoms with E-state index in [-0.39, 0.29) is 10.7 Å². The first kappa shape index (κ1) is 23.5. The van der Waals surface area contributed by atoms with Gasteiger partial charge in [-0.25, -0.2) is 17.2 Å². The molecule has 0 spiro atoms. The first-order valence-electron chi connectivity index (χ1n) is 7.60. The minimum atomic E-state index is -5.46. The van der Waals surface area contributed by atoms with Crippen LogP contribution in [-0.4, -0.2) is 37.6 Å². The van der Waals surface area contributed by atoms with Gasteiger partial charge in [-0.05, 0) is 36.4 Å². The molecule has 30 heavy (non-hydrogen) atoms. The molecule has 0 saturated heterocycles. The second-order valence-electron chi connectivity index (χ2n) is 5.66. The summed E-state index contributed by atoms with van der Waals surface area (Å²) in [5.41, 5.74) is -0.975. The molecule has 14 heteroatoms. The number of benzene rings is 2. The summed E-state index contributed by atoms with van der Waals surface area (Å²) >= 11 is 5.54. The first-order chi connectivity index (χ1) is 13.7. The fourth-order valence-corrected chi connectivity index (χ4v) is 3.48. The third-order valence-corrected chi connectivity index (χ3v) is 5.23. The number of nitrogens with one attached hydrogen (secondary N) is 2. The van der Waals surface area contributed by atoms with Crippen LogP contribution in [-0.2, 0) is 14.8 Å². The molecule has 0 aliphatic rings. The highest BCUT2D eigenvalue weighted by Crippen LogP contribution is 2.24. The van der Waals surface area contributed by atoms with Crippen LogP contribution in [0.25, 0.3) is 0 Å². The Morgan fingerprint density at radius 1 is 1.03 bits per heavy atom. The highest BCUT2D eigenvalue weighted by molar-refractivity contribution is 7.89. The Morgan fingerprint density at radius 2 is 1.63 bits per heavy atom. The van der Waals surface area contributed by atoms with Crippen LogP contribution in [0.3, 0.4) is 0 Å². The number of aliphatic carboxylic acids is 1. The number of carbonyl (C=O) groups excluding carboxylic acids is 1. The maximum atomic E-state index is 14.0. The summed E-state index contributed by atoms with van der Waals surface area (Å²) in [6.45, 7) is 0. The molecule has 1 amide bonds. The second-order valence-corrected chi connectivity index (χ2v) is 7.78. The van der Waals surface area contributed by atoms with E-state index < -0.39 is 56.2 Å². The zero-order chi connectivity index (χ0) is 22.9. The van der Waals surface area contributed by atoms with Crippen LogP contribution in [0.15, 0.2) is 41.3 Å². The zero-order valence-electron chi connectivity index (χ0n) is 14.3. The molecule has 0 saturated carbocycles. The first-order valence-corrected chi connectivity index (χ1v) is 9.46. The van der Waals surface area contributed by atoms with Gasteiger partial charge in [0, 0.05) is 5.69 Å². The number of halogens is 6. The van der Waals surface area contributed by atoms with Gasteiger partial charge in [-0.15, -0.1) is 0 Å². The van der Waals surface area contributed by atoms with E-state index in [1.807, 2.05) is 0 Å². The number of hydrogen-bond donors (Lipinski definition) is 3.